The number of para-hydroxylation sites is 2. The molecule has 0 radical (unpaired) electrons. The third-order valence-electron chi connectivity index (χ3n) is 4.01. The van der Waals surface area contributed by atoms with Crippen LogP contribution in [0.25, 0.3) is 22.4 Å². The van der Waals surface area contributed by atoms with Crippen molar-refractivity contribution in [2.45, 2.75) is 19.1 Å². The first-order chi connectivity index (χ1) is 14.6. The van der Waals surface area contributed by atoms with Gasteiger partial charge in [-0.15, -0.1) is 26.3 Å². The monoisotopic (exact) mass is 438 g/mol. The lowest BCUT2D eigenvalue weighted by molar-refractivity contribution is -0.275. The number of halogens is 6. The summed E-state index contributed by atoms with van der Waals surface area (Å²) in [5.74, 6) is -0.997. The Morgan fingerprint density at radius 1 is 0.710 bits per heavy atom. The minimum absolute atomic E-state index is 0.00499. The molecule has 0 aliphatic heterocycles. The average molecular weight is 438 g/mol. The second-order valence-electron chi connectivity index (χ2n) is 6.11. The molecule has 1 aromatic heterocycles. The topological polar surface area (TPSA) is 55.1 Å². The van der Waals surface area contributed by atoms with Crippen molar-refractivity contribution >= 4 is 0 Å². The van der Waals surface area contributed by atoms with Crippen molar-refractivity contribution in [3.05, 3.63) is 66.4 Å². The maximum Gasteiger partial charge on any atom is 0.573 e. The minimum Gasteiger partial charge on any atom is -0.405 e. The van der Waals surface area contributed by atoms with Crippen LogP contribution in [0.15, 0.2) is 60.7 Å². The number of ether oxygens (including phenoxy) is 2. The standard InChI is InChI=1S/C21H12F6N2O2/c22-20(23,24)30-18-7-3-1-5-14(18)13-9-10-16(29-17(13)11-12-28)15-6-2-4-8-19(15)31-21(25,26)27/h1-10H,11H2. The third-order valence-corrected chi connectivity index (χ3v) is 4.01. The fourth-order valence-electron chi connectivity index (χ4n) is 2.90. The third kappa shape index (κ3) is 5.66. The van der Waals surface area contributed by atoms with Crippen LogP contribution in [0.3, 0.4) is 0 Å². The summed E-state index contributed by atoms with van der Waals surface area (Å²) in [6.45, 7) is 0. The molecular weight excluding hydrogens is 426 g/mol. The van der Waals surface area contributed by atoms with Gasteiger partial charge in [0, 0.05) is 16.7 Å². The van der Waals surface area contributed by atoms with Crippen molar-refractivity contribution in [2.75, 3.05) is 0 Å². The smallest absolute Gasteiger partial charge is 0.405 e. The number of benzene rings is 2. The molecule has 31 heavy (non-hydrogen) atoms. The molecule has 0 unspecified atom stereocenters. The maximum absolute atomic E-state index is 12.8. The summed E-state index contributed by atoms with van der Waals surface area (Å²) < 4.78 is 84.5. The molecule has 10 heteroatoms. The lowest BCUT2D eigenvalue weighted by Gasteiger charge is -2.16. The van der Waals surface area contributed by atoms with Crippen LogP contribution in [-0.2, 0) is 6.42 Å². The minimum atomic E-state index is -4.94. The zero-order valence-corrected chi connectivity index (χ0v) is 15.5. The van der Waals surface area contributed by atoms with Crippen LogP contribution in [0.5, 0.6) is 11.5 Å². The number of rotatable bonds is 5. The molecule has 0 aliphatic carbocycles. The van der Waals surface area contributed by atoms with Crippen LogP contribution in [0, 0.1) is 11.3 Å². The van der Waals surface area contributed by atoms with Gasteiger partial charge in [-0.1, -0.05) is 36.4 Å². The molecule has 0 bridgehead atoms. The van der Waals surface area contributed by atoms with E-state index in [1.807, 2.05) is 6.07 Å². The summed E-state index contributed by atoms with van der Waals surface area (Å²) in [6.07, 6.45) is -10.2. The van der Waals surface area contributed by atoms with E-state index in [0.29, 0.717) is 0 Å². The van der Waals surface area contributed by atoms with E-state index in [2.05, 4.69) is 14.5 Å². The van der Waals surface area contributed by atoms with Gasteiger partial charge in [0.15, 0.2) is 0 Å². The molecule has 0 spiro atoms. The van der Waals surface area contributed by atoms with Crippen LogP contribution in [0.4, 0.5) is 26.3 Å². The van der Waals surface area contributed by atoms with Crippen molar-refractivity contribution in [2.24, 2.45) is 0 Å². The molecule has 0 N–H and O–H groups in total. The fraction of sp³-hybridized carbons (Fsp3) is 0.143. The number of aromatic nitrogens is 1. The molecule has 3 aromatic rings. The highest BCUT2D eigenvalue weighted by molar-refractivity contribution is 5.76. The first kappa shape index (κ1) is 22.0. The summed E-state index contributed by atoms with van der Waals surface area (Å²) in [5.41, 5.74) is 0.344. The van der Waals surface area contributed by atoms with Crippen LogP contribution >= 0.6 is 0 Å². The van der Waals surface area contributed by atoms with Gasteiger partial charge >= 0.3 is 12.7 Å². The Labute approximate surface area is 172 Å². The molecule has 0 amide bonds. The quantitative estimate of drug-likeness (QED) is 0.440. The van der Waals surface area contributed by atoms with Gasteiger partial charge in [0.1, 0.15) is 11.5 Å². The van der Waals surface area contributed by atoms with Gasteiger partial charge in [-0.3, -0.25) is 4.98 Å². The number of nitriles is 1. The van der Waals surface area contributed by atoms with Gasteiger partial charge < -0.3 is 9.47 Å². The highest BCUT2D eigenvalue weighted by Crippen LogP contribution is 2.38. The molecule has 3 rings (SSSR count). The Balaban J connectivity index is 2.11. The van der Waals surface area contributed by atoms with Crippen molar-refractivity contribution < 1.29 is 35.8 Å². The van der Waals surface area contributed by atoms with Gasteiger partial charge in [-0.25, -0.2) is 0 Å². The summed E-state index contributed by atoms with van der Waals surface area (Å²) in [5, 5.41) is 9.14. The van der Waals surface area contributed by atoms with E-state index < -0.39 is 24.2 Å². The van der Waals surface area contributed by atoms with Crippen LogP contribution in [-0.4, -0.2) is 17.7 Å². The SMILES string of the molecule is N#CCc1nc(-c2ccccc2OC(F)(F)F)ccc1-c1ccccc1OC(F)(F)F. The molecule has 0 atom stereocenters. The molecule has 160 valence electrons. The lowest BCUT2D eigenvalue weighted by atomic mass is 9.99. The van der Waals surface area contributed by atoms with Gasteiger partial charge in [-0.05, 0) is 24.3 Å². The van der Waals surface area contributed by atoms with E-state index in [9.17, 15) is 26.3 Å². The summed E-state index contributed by atoms with van der Waals surface area (Å²) >= 11 is 0. The van der Waals surface area contributed by atoms with E-state index in [0.717, 1.165) is 12.1 Å². The van der Waals surface area contributed by atoms with Crippen molar-refractivity contribution in [3.63, 3.8) is 0 Å². The van der Waals surface area contributed by atoms with Gasteiger partial charge in [0.25, 0.3) is 0 Å². The molecular formula is C21H12F6N2O2. The second-order valence-corrected chi connectivity index (χ2v) is 6.11. The second kappa shape index (κ2) is 8.55. The largest absolute Gasteiger partial charge is 0.573 e. The Morgan fingerprint density at radius 3 is 1.77 bits per heavy atom. The Bertz CT molecular complexity index is 1120. The number of pyridine rings is 1. The van der Waals surface area contributed by atoms with Crippen LogP contribution in [0.2, 0.25) is 0 Å². The van der Waals surface area contributed by atoms with E-state index >= 15 is 0 Å². The van der Waals surface area contributed by atoms with E-state index in [-0.39, 0.29) is 34.5 Å². The van der Waals surface area contributed by atoms with Crippen LogP contribution < -0.4 is 9.47 Å². The summed E-state index contributed by atoms with van der Waals surface area (Å²) in [7, 11) is 0. The molecule has 0 aliphatic rings. The Hall–Kier alpha value is -3.74. The van der Waals surface area contributed by atoms with E-state index in [1.165, 1.54) is 48.5 Å². The Kier molecular flexibility index (Phi) is 6.06. The van der Waals surface area contributed by atoms with E-state index in [1.54, 1.807) is 0 Å². The zero-order valence-electron chi connectivity index (χ0n) is 15.5. The summed E-state index contributed by atoms with van der Waals surface area (Å²) in [6, 6.07) is 15.1. The average Bonchev–Trinajstić information content (AvgIpc) is 2.67. The maximum atomic E-state index is 12.8. The number of nitrogens with zero attached hydrogens (tertiary/aromatic N) is 2. The zero-order chi connectivity index (χ0) is 22.6. The van der Waals surface area contributed by atoms with Crippen molar-refractivity contribution in [1.82, 2.24) is 4.98 Å². The number of hydrogen-bond donors (Lipinski definition) is 0. The first-order valence-electron chi connectivity index (χ1n) is 8.64. The normalized spacial score (nSPS) is 11.6. The molecule has 0 fully saturated rings. The molecule has 0 saturated carbocycles. The predicted molar refractivity (Wildman–Crippen MR) is 97.8 cm³/mol. The van der Waals surface area contributed by atoms with Crippen LogP contribution in [0.1, 0.15) is 5.69 Å². The molecule has 1 heterocycles. The molecule has 0 saturated heterocycles. The number of hydrogen-bond acceptors (Lipinski definition) is 4. The van der Waals surface area contributed by atoms with Gasteiger partial charge in [-0.2, -0.15) is 5.26 Å². The summed E-state index contributed by atoms with van der Waals surface area (Å²) in [4.78, 5) is 4.23. The molecule has 2 aromatic carbocycles. The van der Waals surface area contributed by atoms with E-state index in [4.69, 9.17) is 5.26 Å². The highest BCUT2D eigenvalue weighted by atomic mass is 19.4. The fourth-order valence-corrected chi connectivity index (χ4v) is 2.90. The predicted octanol–water partition coefficient (Wildman–Crippen LogP) is 6.28. The Morgan fingerprint density at radius 2 is 1.23 bits per heavy atom. The molecule has 4 nitrogen and oxygen atoms in total. The highest BCUT2D eigenvalue weighted by Gasteiger charge is 2.33. The first-order valence-corrected chi connectivity index (χ1v) is 8.64. The lowest BCUT2D eigenvalue weighted by Crippen LogP contribution is -2.18. The van der Waals surface area contributed by atoms with Gasteiger partial charge in [0.05, 0.1) is 23.9 Å². The van der Waals surface area contributed by atoms with Gasteiger partial charge in [0.2, 0.25) is 0 Å². The van der Waals surface area contributed by atoms with Crippen molar-refractivity contribution in [1.29, 1.82) is 5.26 Å². The number of alkyl halides is 6. The van der Waals surface area contributed by atoms with Crippen molar-refractivity contribution in [3.8, 4) is 40.0 Å².